The van der Waals surface area contributed by atoms with E-state index in [0.717, 1.165) is 25.0 Å². The minimum atomic E-state index is -3.35. The van der Waals surface area contributed by atoms with Gasteiger partial charge < -0.3 is 10.1 Å². The zero-order chi connectivity index (χ0) is 14.6. The maximum Gasteiger partial charge on any atom is 0.209 e. The minimum Gasteiger partial charge on any atom is -0.497 e. The maximum absolute atomic E-state index is 10.9. The van der Waals surface area contributed by atoms with Gasteiger partial charge in [-0.3, -0.25) is 0 Å². The number of sulfonamides is 1. The minimum absolute atomic E-state index is 0.0300. The predicted octanol–water partition coefficient (Wildman–Crippen LogP) is 1.34. The topological polar surface area (TPSA) is 81.4 Å². The number of methoxy groups -OCH3 is 1. The van der Waals surface area contributed by atoms with E-state index in [4.69, 9.17) is 9.88 Å². The molecule has 0 aliphatic heterocycles. The van der Waals surface area contributed by atoms with Crippen molar-refractivity contribution in [3.8, 4) is 5.75 Å². The van der Waals surface area contributed by atoms with Gasteiger partial charge in [-0.1, -0.05) is 6.07 Å². The van der Waals surface area contributed by atoms with E-state index in [1.807, 2.05) is 6.07 Å². The molecule has 0 spiro atoms. The number of nitrogens with two attached hydrogens (primary N) is 1. The first-order chi connectivity index (χ1) is 9.49. The van der Waals surface area contributed by atoms with Gasteiger partial charge in [0.2, 0.25) is 10.0 Å². The van der Waals surface area contributed by atoms with Crippen molar-refractivity contribution in [1.29, 1.82) is 0 Å². The Balaban J connectivity index is 1.95. The standard InChI is InChI=1S/C14H22N2O3S/c1-19-12-6-7-13-11(10-12)4-2-5-14(13)16-8-3-9-20(15,17)18/h6-7,10,14,16H,2-5,8-9H2,1H3,(H2,15,17,18). The molecule has 2 rings (SSSR count). The summed E-state index contributed by atoms with van der Waals surface area (Å²) in [5.74, 6) is 0.918. The Morgan fingerprint density at radius 1 is 1.45 bits per heavy atom. The summed E-state index contributed by atoms with van der Waals surface area (Å²) in [6, 6.07) is 6.46. The van der Waals surface area contributed by atoms with Crippen molar-refractivity contribution in [2.45, 2.75) is 31.7 Å². The molecule has 0 amide bonds. The summed E-state index contributed by atoms with van der Waals surface area (Å²) < 4.78 is 27.0. The fraction of sp³-hybridized carbons (Fsp3) is 0.571. The van der Waals surface area contributed by atoms with Gasteiger partial charge in [0, 0.05) is 6.04 Å². The first-order valence-corrected chi connectivity index (χ1v) is 8.62. The Labute approximate surface area is 120 Å². The van der Waals surface area contributed by atoms with E-state index in [1.165, 1.54) is 11.1 Å². The van der Waals surface area contributed by atoms with Crippen LogP contribution in [0.15, 0.2) is 18.2 Å². The fourth-order valence-corrected chi connectivity index (χ4v) is 3.23. The number of ether oxygens (including phenoxy) is 1. The first-order valence-electron chi connectivity index (χ1n) is 6.90. The molecular formula is C14H22N2O3S. The van der Waals surface area contributed by atoms with Crippen molar-refractivity contribution in [3.05, 3.63) is 29.3 Å². The monoisotopic (exact) mass is 298 g/mol. The molecule has 3 N–H and O–H groups in total. The van der Waals surface area contributed by atoms with Gasteiger partial charge >= 0.3 is 0 Å². The number of nitrogens with one attached hydrogen (secondary N) is 1. The number of aryl methyl sites for hydroxylation is 1. The molecule has 20 heavy (non-hydrogen) atoms. The van der Waals surface area contributed by atoms with Gasteiger partial charge in [0.15, 0.2) is 0 Å². The normalized spacial score (nSPS) is 18.6. The summed E-state index contributed by atoms with van der Waals surface area (Å²) >= 11 is 0. The largest absolute Gasteiger partial charge is 0.497 e. The van der Waals surface area contributed by atoms with Crippen molar-refractivity contribution in [1.82, 2.24) is 5.32 Å². The summed E-state index contributed by atoms with van der Waals surface area (Å²) in [5.41, 5.74) is 2.62. The lowest BCUT2D eigenvalue weighted by molar-refractivity contribution is 0.410. The third kappa shape index (κ3) is 4.19. The zero-order valence-electron chi connectivity index (χ0n) is 11.8. The van der Waals surface area contributed by atoms with Gasteiger partial charge in [-0.05, 0) is 55.5 Å². The van der Waals surface area contributed by atoms with Gasteiger partial charge in [-0.15, -0.1) is 0 Å². The summed E-state index contributed by atoms with van der Waals surface area (Å²) in [5, 5.41) is 8.42. The lowest BCUT2D eigenvalue weighted by atomic mass is 9.87. The summed E-state index contributed by atoms with van der Waals surface area (Å²) in [6.07, 6.45) is 3.82. The van der Waals surface area contributed by atoms with E-state index < -0.39 is 10.0 Å². The van der Waals surface area contributed by atoms with E-state index in [9.17, 15) is 8.42 Å². The van der Waals surface area contributed by atoms with Crippen molar-refractivity contribution in [2.75, 3.05) is 19.4 Å². The molecule has 0 saturated heterocycles. The van der Waals surface area contributed by atoms with Crippen LogP contribution in [-0.4, -0.2) is 27.8 Å². The second-order valence-electron chi connectivity index (χ2n) is 5.18. The van der Waals surface area contributed by atoms with Crippen LogP contribution in [-0.2, 0) is 16.4 Å². The summed E-state index contributed by atoms with van der Waals surface area (Å²) in [7, 11) is -1.68. The van der Waals surface area contributed by atoms with Crippen LogP contribution < -0.4 is 15.2 Å². The van der Waals surface area contributed by atoms with Crippen LogP contribution in [0.5, 0.6) is 5.75 Å². The van der Waals surface area contributed by atoms with Crippen LogP contribution in [0.2, 0.25) is 0 Å². The number of primary sulfonamides is 1. The predicted molar refractivity (Wildman–Crippen MR) is 79.3 cm³/mol. The molecule has 6 heteroatoms. The molecule has 1 aliphatic carbocycles. The van der Waals surface area contributed by atoms with Gasteiger partial charge in [0.05, 0.1) is 12.9 Å². The Bertz CT molecular complexity index is 558. The Hall–Kier alpha value is -1.11. The van der Waals surface area contributed by atoms with Crippen LogP contribution in [0.1, 0.15) is 36.4 Å². The SMILES string of the molecule is COc1ccc2c(c1)CCCC2NCCCS(N)(=O)=O. The number of rotatable bonds is 6. The average molecular weight is 298 g/mol. The maximum atomic E-state index is 10.9. The van der Waals surface area contributed by atoms with Crippen LogP contribution in [0.25, 0.3) is 0 Å². The zero-order valence-corrected chi connectivity index (χ0v) is 12.6. The van der Waals surface area contributed by atoms with Crippen molar-refractivity contribution < 1.29 is 13.2 Å². The first kappa shape index (κ1) is 15.3. The van der Waals surface area contributed by atoms with E-state index >= 15 is 0 Å². The van der Waals surface area contributed by atoms with Gasteiger partial charge in [0.25, 0.3) is 0 Å². The lowest BCUT2D eigenvalue weighted by Crippen LogP contribution is -2.28. The highest BCUT2D eigenvalue weighted by molar-refractivity contribution is 7.89. The molecule has 112 valence electrons. The quantitative estimate of drug-likeness (QED) is 0.777. The number of benzene rings is 1. The highest BCUT2D eigenvalue weighted by Gasteiger charge is 2.20. The summed E-state index contributed by atoms with van der Waals surface area (Å²) in [4.78, 5) is 0. The molecule has 0 heterocycles. The molecule has 0 saturated carbocycles. The highest BCUT2D eigenvalue weighted by Crippen LogP contribution is 2.32. The number of hydrogen-bond acceptors (Lipinski definition) is 4. The molecule has 1 aromatic carbocycles. The Morgan fingerprint density at radius 3 is 2.95 bits per heavy atom. The van der Waals surface area contributed by atoms with Crippen LogP contribution in [0.4, 0.5) is 0 Å². The third-order valence-corrected chi connectivity index (χ3v) is 4.52. The number of hydrogen-bond donors (Lipinski definition) is 2. The van der Waals surface area contributed by atoms with Crippen molar-refractivity contribution in [3.63, 3.8) is 0 Å². The molecule has 1 aliphatic rings. The van der Waals surface area contributed by atoms with E-state index in [-0.39, 0.29) is 5.75 Å². The summed E-state index contributed by atoms with van der Waals surface area (Å²) in [6.45, 7) is 0.659. The Morgan fingerprint density at radius 2 is 2.25 bits per heavy atom. The third-order valence-electron chi connectivity index (χ3n) is 3.66. The molecule has 1 aromatic rings. The van der Waals surface area contributed by atoms with Crippen molar-refractivity contribution >= 4 is 10.0 Å². The molecular weight excluding hydrogens is 276 g/mol. The van der Waals surface area contributed by atoms with E-state index in [2.05, 4.69) is 17.4 Å². The van der Waals surface area contributed by atoms with Gasteiger partial charge in [-0.2, -0.15) is 0 Å². The fourth-order valence-electron chi connectivity index (χ4n) is 2.68. The van der Waals surface area contributed by atoms with Crippen LogP contribution >= 0.6 is 0 Å². The molecule has 0 fully saturated rings. The molecule has 1 atom stereocenters. The molecule has 5 nitrogen and oxygen atoms in total. The number of fused-ring (bicyclic) bond motifs is 1. The second-order valence-corrected chi connectivity index (χ2v) is 6.92. The molecule has 0 aromatic heterocycles. The van der Waals surface area contributed by atoms with Crippen molar-refractivity contribution in [2.24, 2.45) is 5.14 Å². The average Bonchev–Trinajstić information content (AvgIpc) is 2.42. The van der Waals surface area contributed by atoms with Crippen LogP contribution in [0.3, 0.4) is 0 Å². The van der Waals surface area contributed by atoms with Gasteiger partial charge in [0.1, 0.15) is 5.75 Å². The van der Waals surface area contributed by atoms with E-state index in [0.29, 0.717) is 19.0 Å². The highest BCUT2D eigenvalue weighted by atomic mass is 32.2. The lowest BCUT2D eigenvalue weighted by Gasteiger charge is -2.27. The van der Waals surface area contributed by atoms with Crippen LogP contribution in [0, 0.1) is 0 Å². The van der Waals surface area contributed by atoms with E-state index in [1.54, 1.807) is 7.11 Å². The van der Waals surface area contributed by atoms with Gasteiger partial charge in [-0.25, -0.2) is 13.6 Å². The molecule has 0 bridgehead atoms. The molecule has 1 unspecified atom stereocenters. The smallest absolute Gasteiger partial charge is 0.209 e. The Kier molecular flexibility index (Phi) is 5.01. The second kappa shape index (κ2) is 6.56. The molecule has 0 radical (unpaired) electrons.